The first-order valence-corrected chi connectivity index (χ1v) is 9.64. The van der Waals surface area contributed by atoms with Gasteiger partial charge in [-0.05, 0) is 47.4 Å². The van der Waals surface area contributed by atoms with Crippen molar-refractivity contribution in [2.24, 2.45) is 5.11 Å². The Hall–Kier alpha value is -3.88. The average Bonchev–Trinajstić information content (AvgIpc) is 2.77. The summed E-state index contributed by atoms with van der Waals surface area (Å²) in [5.74, 6) is -0.479. The number of para-hydroxylation sites is 1. The van der Waals surface area contributed by atoms with Crippen LogP contribution in [0.25, 0.3) is 21.3 Å². The van der Waals surface area contributed by atoms with Crippen LogP contribution < -0.4 is 10.3 Å². The van der Waals surface area contributed by atoms with Crippen LogP contribution in [-0.2, 0) is 22.5 Å². The predicted octanol–water partition coefficient (Wildman–Crippen LogP) is 3.45. The van der Waals surface area contributed by atoms with Gasteiger partial charge in [0.2, 0.25) is 0 Å². The maximum Gasteiger partial charge on any atom is 0.333 e. The van der Waals surface area contributed by atoms with E-state index >= 15 is 0 Å². The molecule has 0 unspecified atom stereocenters. The number of carbonyl (C=O) groups is 1. The number of nitrogens with zero attached hydrogens (tertiary/aromatic N) is 5. The molecule has 3 aromatic rings. The highest BCUT2D eigenvalue weighted by Gasteiger charge is 2.17. The molecule has 1 N–H and O–H groups in total. The molecule has 2 aromatic carbocycles. The number of hydrogen-bond donors (Lipinski definition) is 1. The average molecular weight is 423 g/mol. The van der Waals surface area contributed by atoms with Gasteiger partial charge in [0.1, 0.15) is 12.4 Å². The third-order valence-electron chi connectivity index (χ3n) is 4.55. The maximum absolute atomic E-state index is 12.7. The van der Waals surface area contributed by atoms with Gasteiger partial charge in [-0.15, -0.1) is 0 Å². The second-order valence-corrected chi connectivity index (χ2v) is 6.55. The summed E-state index contributed by atoms with van der Waals surface area (Å²) < 4.78 is 12.2. The number of aliphatic carboxylic acids is 1. The highest BCUT2D eigenvalue weighted by Crippen LogP contribution is 2.16. The first kappa shape index (κ1) is 21.8. The third kappa shape index (κ3) is 5.39. The predicted molar refractivity (Wildman–Crippen MR) is 113 cm³/mol. The summed E-state index contributed by atoms with van der Waals surface area (Å²) in [5.41, 5.74) is 9.73. The molecule has 1 aromatic heterocycles. The molecule has 10 nitrogen and oxygen atoms in total. The molecule has 0 aliphatic carbocycles. The van der Waals surface area contributed by atoms with Crippen LogP contribution in [0.5, 0.6) is 5.75 Å². The lowest BCUT2D eigenvalue weighted by molar-refractivity contribution is -0.149. The van der Waals surface area contributed by atoms with Crippen molar-refractivity contribution in [1.82, 2.24) is 9.55 Å². The van der Waals surface area contributed by atoms with Gasteiger partial charge in [-0.3, -0.25) is 9.36 Å². The van der Waals surface area contributed by atoms with Crippen LogP contribution in [0.2, 0.25) is 0 Å². The van der Waals surface area contributed by atoms with Crippen molar-refractivity contribution in [3.8, 4) is 5.75 Å². The molecule has 1 atom stereocenters. The molecule has 1 heterocycles. The monoisotopic (exact) mass is 423 g/mol. The van der Waals surface area contributed by atoms with Gasteiger partial charge < -0.3 is 14.6 Å². The molecule has 0 saturated carbocycles. The van der Waals surface area contributed by atoms with Gasteiger partial charge in [-0.2, -0.15) is 0 Å². The number of rotatable bonds is 10. The van der Waals surface area contributed by atoms with Gasteiger partial charge in [-0.25, -0.2) is 9.78 Å². The number of carboxylic acid groups (broad SMARTS) is 1. The molecular formula is C21H21N5O5. The lowest BCUT2D eigenvalue weighted by atomic mass is 10.1. The Morgan fingerprint density at radius 2 is 2.00 bits per heavy atom. The van der Waals surface area contributed by atoms with Crippen molar-refractivity contribution in [2.45, 2.75) is 26.0 Å². The van der Waals surface area contributed by atoms with Gasteiger partial charge in [0.25, 0.3) is 5.56 Å². The van der Waals surface area contributed by atoms with Gasteiger partial charge in [0.05, 0.1) is 17.4 Å². The van der Waals surface area contributed by atoms with Crippen molar-refractivity contribution in [3.05, 3.63) is 74.9 Å². The zero-order valence-electron chi connectivity index (χ0n) is 16.8. The SMILES string of the molecule is CCO[C@H](Cc1ccc(OCCn2c(N=[N+]=[N-])nc3ccccc3c2=O)cc1)C(=O)O. The lowest BCUT2D eigenvalue weighted by Crippen LogP contribution is -2.26. The van der Waals surface area contributed by atoms with Crippen LogP contribution in [0, 0.1) is 0 Å². The summed E-state index contributed by atoms with van der Waals surface area (Å²) in [4.78, 5) is 31.0. The van der Waals surface area contributed by atoms with Gasteiger partial charge in [-0.1, -0.05) is 24.3 Å². The molecular weight excluding hydrogens is 402 g/mol. The minimum Gasteiger partial charge on any atom is -0.492 e. The molecule has 0 amide bonds. The van der Waals surface area contributed by atoms with Crippen molar-refractivity contribution in [3.63, 3.8) is 0 Å². The van der Waals surface area contributed by atoms with Gasteiger partial charge in [0, 0.05) is 17.9 Å². The minimum atomic E-state index is -1.01. The van der Waals surface area contributed by atoms with E-state index in [4.69, 9.17) is 15.0 Å². The molecule has 160 valence electrons. The topological polar surface area (TPSA) is 139 Å². The fourth-order valence-electron chi connectivity index (χ4n) is 3.08. The van der Waals surface area contributed by atoms with E-state index in [1.165, 1.54) is 4.57 Å². The molecule has 0 saturated heterocycles. The Bertz CT molecular complexity index is 1170. The molecule has 0 aliphatic heterocycles. The van der Waals surface area contributed by atoms with E-state index < -0.39 is 12.1 Å². The van der Waals surface area contributed by atoms with Crippen LogP contribution in [0.15, 0.2) is 58.4 Å². The van der Waals surface area contributed by atoms with Crippen LogP contribution in [0.1, 0.15) is 12.5 Å². The number of hydrogen-bond acceptors (Lipinski definition) is 6. The van der Waals surface area contributed by atoms with Crippen LogP contribution in [0.4, 0.5) is 5.95 Å². The molecule has 3 rings (SSSR count). The quantitative estimate of drug-likeness (QED) is 0.301. The van der Waals surface area contributed by atoms with Crippen molar-refractivity contribution >= 4 is 22.8 Å². The molecule has 10 heteroatoms. The molecule has 0 bridgehead atoms. The standard InChI is InChI=1S/C21H21N5O5/c1-2-30-18(20(28)29)13-14-7-9-15(10-8-14)31-12-11-26-19(27)16-5-3-4-6-17(16)23-21(26)24-25-22/h3-10,18H,2,11-13H2,1H3,(H,28,29)/t18-/m1/s1. The highest BCUT2D eigenvalue weighted by molar-refractivity contribution is 5.78. The van der Waals surface area contributed by atoms with E-state index in [1.807, 2.05) is 0 Å². The summed E-state index contributed by atoms with van der Waals surface area (Å²) >= 11 is 0. The second kappa shape index (κ2) is 10.2. The Labute approximate surface area is 177 Å². The summed E-state index contributed by atoms with van der Waals surface area (Å²) in [5, 5.41) is 13.1. The molecule has 0 radical (unpaired) electrons. The number of aromatic nitrogens is 2. The van der Waals surface area contributed by atoms with Crippen LogP contribution in [-0.4, -0.2) is 39.9 Å². The number of fused-ring (bicyclic) bond motifs is 1. The Balaban J connectivity index is 1.69. The summed E-state index contributed by atoms with van der Waals surface area (Å²) in [6.45, 7) is 2.34. The number of carboxylic acids is 1. The van der Waals surface area contributed by atoms with Crippen molar-refractivity contribution in [2.75, 3.05) is 13.2 Å². The number of benzene rings is 2. The van der Waals surface area contributed by atoms with E-state index in [0.717, 1.165) is 5.56 Å². The molecule has 0 spiro atoms. The van der Waals surface area contributed by atoms with E-state index in [9.17, 15) is 14.7 Å². The zero-order valence-corrected chi connectivity index (χ0v) is 16.8. The molecule has 0 aliphatic rings. The first-order chi connectivity index (χ1) is 15.0. The van der Waals surface area contributed by atoms with Gasteiger partial charge in [0.15, 0.2) is 12.1 Å². The maximum atomic E-state index is 12.7. The summed E-state index contributed by atoms with van der Waals surface area (Å²) in [6, 6.07) is 13.8. The fraction of sp³-hybridized carbons (Fsp3) is 0.286. The largest absolute Gasteiger partial charge is 0.492 e. The number of azide groups is 1. The lowest BCUT2D eigenvalue weighted by Gasteiger charge is -2.13. The highest BCUT2D eigenvalue weighted by atomic mass is 16.5. The zero-order chi connectivity index (χ0) is 22.2. The van der Waals surface area contributed by atoms with Crippen molar-refractivity contribution in [1.29, 1.82) is 0 Å². The van der Waals surface area contributed by atoms with Crippen molar-refractivity contribution < 1.29 is 19.4 Å². The minimum absolute atomic E-state index is 0.0271. The van der Waals surface area contributed by atoms with Crippen LogP contribution >= 0.6 is 0 Å². The molecule has 0 fully saturated rings. The van der Waals surface area contributed by atoms with E-state index in [-0.39, 0.29) is 31.1 Å². The summed E-state index contributed by atoms with van der Waals surface area (Å²) in [7, 11) is 0. The van der Waals surface area contributed by atoms with E-state index in [1.54, 1.807) is 55.5 Å². The van der Waals surface area contributed by atoms with Gasteiger partial charge >= 0.3 is 5.97 Å². The Morgan fingerprint density at radius 3 is 2.68 bits per heavy atom. The van der Waals surface area contributed by atoms with Crippen LogP contribution in [0.3, 0.4) is 0 Å². The van der Waals surface area contributed by atoms with E-state index in [2.05, 4.69) is 15.0 Å². The first-order valence-electron chi connectivity index (χ1n) is 9.64. The normalized spacial score (nSPS) is 11.6. The molecule has 31 heavy (non-hydrogen) atoms. The Kier molecular flexibility index (Phi) is 7.21. The third-order valence-corrected chi connectivity index (χ3v) is 4.55. The fourth-order valence-corrected chi connectivity index (χ4v) is 3.08. The smallest absolute Gasteiger partial charge is 0.333 e. The number of ether oxygens (including phenoxy) is 2. The Morgan fingerprint density at radius 1 is 1.26 bits per heavy atom. The second-order valence-electron chi connectivity index (χ2n) is 6.55. The van der Waals surface area contributed by atoms with E-state index in [0.29, 0.717) is 23.3 Å². The summed E-state index contributed by atoms with van der Waals surface area (Å²) in [6.07, 6.45) is -0.653.